The lowest BCUT2D eigenvalue weighted by atomic mass is 9.99. The van der Waals surface area contributed by atoms with Crippen LogP contribution in [-0.4, -0.2) is 21.3 Å². The summed E-state index contributed by atoms with van der Waals surface area (Å²) in [6, 6.07) is 25.6. The Morgan fingerprint density at radius 2 is 1.67 bits per heavy atom. The number of anilines is 1. The lowest BCUT2D eigenvalue weighted by Crippen LogP contribution is -2.30. The van der Waals surface area contributed by atoms with E-state index in [0.29, 0.717) is 0 Å². The smallest absolute Gasteiger partial charge is 0.0645 e. The van der Waals surface area contributed by atoms with Gasteiger partial charge >= 0.3 is 0 Å². The van der Waals surface area contributed by atoms with E-state index in [2.05, 4.69) is 82.0 Å². The van der Waals surface area contributed by atoms with E-state index in [0.717, 1.165) is 30.8 Å². The van der Waals surface area contributed by atoms with Crippen LogP contribution in [0.4, 0.5) is 5.69 Å². The summed E-state index contributed by atoms with van der Waals surface area (Å²) in [6.07, 6.45) is 7.28. The summed E-state index contributed by atoms with van der Waals surface area (Å²) in [4.78, 5) is 5.94. The molecular formula is C26H22N4. The molecule has 1 aliphatic heterocycles. The summed E-state index contributed by atoms with van der Waals surface area (Å²) < 4.78 is 1.93. The van der Waals surface area contributed by atoms with Crippen molar-refractivity contribution >= 4 is 16.6 Å². The Morgan fingerprint density at radius 1 is 0.833 bits per heavy atom. The maximum absolute atomic E-state index is 4.57. The first-order chi connectivity index (χ1) is 14.8. The zero-order chi connectivity index (χ0) is 19.9. The molecule has 146 valence electrons. The first-order valence-corrected chi connectivity index (χ1v) is 10.4. The standard InChI is InChI=1S/C26H22N4/c1-2-8-23(9-3-1)30-18-22(15-28-30)20-10-11-25-24(14-20)26(16-27-25)29-13-12-19-6-4-5-7-21(19)17-29/h1-11,14-16,18,27H,12-13,17H2. The zero-order valence-electron chi connectivity index (χ0n) is 16.6. The normalized spacial score (nSPS) is 13.5. The number of hydrogen-bond donors (Lipinski definition) is 1. The van der Waals surface area contributed by atoms with E-state index in [4.69, 9.17) is 0 Å². The van der Waals surface area contributed by atoms with E-state index in [1.807, 2.05) is 29.1 Å². The van der Waals surface area contributed by atoms with Gasteiger partial charge in [0.2, 0.25) is 0 Å². The summed E-state index contributed by atoms with van der Waals surface area (Å²) in [7, 11) is 0. The first kappa shape index (κ1) is 17.1. The average Bonchev–Trinajstić information content (AvgIpc) is 3.46. The van der Waals surface area contributed by atoms with Gasteiger partial charge in [0, 0.05) is 41.9 Å². The molecule has 3 aromatic carbocycles. The van der Waals surface area contributed by atoms with Gasteiger partial charge in [-0.05, 0) is 47.4 Å². The number of benzene rings is 3. The number of fused-ring (bicyclic) bond motifs is 2. The fraction of sp³-hybridized carbons (Fsp3) is 0.115. The Morgan fingerprint density at radius 3 is 2.57 bits per heavy atom. The third kappa shape index (κ3) is 2.89. The molecule has 6 rings (SSSR count). The third-order valence-corrected chi connectivity index (χ3v) is 6.07. The third-order valence-electron chi connectivity index (χ3n) is 6.07. The van der Waals surface area contributed by atoms with Crippen molar-refractivity contribution in [3.63, 3.8) is 0 Å². The number of nitrogens with zero attached hydrogens (tertiary/aromatic N) is 3. The Hall–Kier alpha value is -3.79. The highest BCUT2D eigenvalue weighted by Crippen LogP contribution is 2.34. The van der Waals surface area contributed by atoms with Crippen LogP contribution in [0.15, 0.2) is 91.4 Å². The van der Waals surface area contributed by atoms with Crippen LogP contribution in [0.1, 0.15) is 11.1 Å². The van der Waals surface area contributed by atoms with Gasteiger partial charge < -0.3 is 9.88 Å². The number of nitrogens with one attached hydrogen (secondary N) is 1. The van der Waals surface area contributed by atoms with Crippen molar-refractivity contribution in [2.45, 2.75) is 13.0 Å². The molecule has 0 amide bonds. The minimum absolute atomic E-state index is 0.958. The zero-order valence-corrected chi connectivity index (χ0v) is 16.6. The van der Waals surface area contributed by atoms with Crippen molar-refractivity contribution in [2.75, 3.05) is 11.4 Å². The quantitative estimate of drug-likeness (QED) is 0.436. The minimum Gasteiger partial charge on any atom is -0.365 e. The van der Waals surface area contributed by atoms with E-state index < -0.39 is 0 Å². The molecule has 0 saturated heterocycles. The SMILES string of the molecule is c1ccc(-n2cc(-c3ccc4[nH]cc(N5CCc6ccccc6C5)c4c3)cn2)cc1. The van der Waals surface area contributed by atoms with Crippen LogP contribution in [-0.2, 0) is 13.0 Å². The van der Waals surface area contributed by atoms with Gasteiger partial charge in [0.05, 0.1) is 17.6 Å². The molecule has 0 saturated carbocycles. The monoisotopic (exact) mass is 390 g/mol. The minimum atomic E-state index is 0.958. The van der Waals surface area contributed by atoms with Gasteiger partial charge in [-0.1, -0.05) is 48.5 Å². The summed E-state index contributed by atoms with van der Waals surface area (Å²) in [6.45, 7) is 2.00. The van der Waals surface area contributed by atoms with Gasteiger partial charge in [0.15, 0.2) is 0 Å². The van der Waals surface area contributed by atoms with Crippen molar-refractivity contribution in [3.8, 4) is 16.8 Å². The highest BCUT2D eigenvalue weighted by Gasteiger charge is 2.19. The van der Waals surface area contributed by atoms with Crippen LogP contribution < -0.4 is 4.90 Å². The summed E-state index contributed by atoms with van der Waals surface area (Å²) in [5.41, 5.74) is 8.72. The molecule has 1 N–H and O–H groups in total. The van der Waals surface area contributed by atoms with Crippen LogP contribution in [0.5, 0.6) is 0 Å². The van der Waals surface area contributed by atoms with Crippen molar-refractivity contribution in [2.24, 2.45) is 0 Å². The molecule has 0 spiro atoms. The molecule has 0 atom stereocenters. The fourth-order valence-corrected chi connectivity index (χ4v) is 4.44. The van der Waals surface area contributed by atoms with Crippen molar-refractivity contribution in [1.29, 1.82) is 0 Å². The molecule has 5 aromatic rings. The van der Waals surface area contributed by atoms with Crippen LogP contribution in [0.2, 0.25) is 0 Å². The van der Waals surface area contributed by atoms with Gasteiger partial charge in [-0.3, -0.25) is 0 Å². The van der Waals surface area contributed by atoms with E-state index in [-0.39, 0.29) is 0 Å². The van der Waals surface area contributed by atoms with Crippen LogP contribution >= 0.6 is 0 Å². The highest BCUT2D eigenvalue weighted by atomic mass is 15.3. The summed E-state index contributed by atoms with van der Waals surface area (Å²) >= 11 is 0. The van der Waals surface area contributed by atoms with E-state index in [9.17, 15) is 0 Å². The molecule has 3 heterocycles. The number of aromatic amines is 1. The predicted octanol–water partition coefficient (Wildman–Crippen LogP) is 5.58. The Kier molecular flexibility index (Phi) is 3.94. The van der Waals surface area contributed by atoms with Crippen molar-refractivity contribution in [1.82, 2.24) is 14.8 Å². The maximum Gasteiger partial charge on any atom is 0.0645 e. The molecular weight excluding hydrogens is 368 g/mol. The van der Waals surface area contributed by atoms with Gasteiger partial charge in [-0.2, -0.15) is 5.10 Å². The Labute approximate surface area is 175 Å². The van der Waals surface area contributed by atoms with Gasteiger partial charge in [0.25, 0.3) is 0 Å². The molecule has 0 radical (unpaired) electrons. The number of aromatic nitrogens is 3. The fourth-order valence-electron chi connectivity index (χ4n) is 4.44. The van der Waals surface area contributed by atoms with Gasteiger partial charge in [-0.15, -0.1) is 0 Å². The van der Waals surface area contributed by atoms with E-state index in [1.54, 1.807) is 0 Å². The van der Waals surface area contributed by atoms with E-state index >= 15 is 0 Å². The van der Waals surface area contributed by atoms with Crippen LogP contribution in [0, 0.1) is 0 Å². The number of para-hydroxylation sites is 1. The number of rotatable bonds is 3. The van der Waals surface area contributed by atoms with Crippen molar-refractivity contribution in [3.05, 3.63) is 103 Å². The van der Waals surface area contributed by atoms with Crippen LogP contribution in [0.3, 0.4) is 0 Å². The second-order valence-electron chi connectivity index (χ2n) is 7.88. The molecule has 0 fully saturated rings. The summed E-state index contributed by atoms with van der Waals surface area (Å²) in [5, 5.41) is 5.83. The lowest BCUT2D eigenvalue weighted by molar-refractivity contribution is 0.734. The molecule has 4 nitrogen and oxygen atoms in total. The highest BCUT2D eigenvalue weighted by molar-refractivity contribution is 5.96. The maximum atomic E-state index is 4.57. The predicted molar refractivity (Wildman–Crippen MR) is 122 cm³/mol. The molecule has 0 aliphatic carbocycles. The van der Waals surface area contributed by atoms with Gasteiger partial charge in [-0.25, -0.2) is 4.68 Å². The first-order valence-electron chi connectivity index (χ1n) is 10.4. The topological polar surface area (TPSA) is 36.9 Å². The molecule has 1 aliphatic rings. The second kappa shape index (κ2) is 6.92. The second-order valence-corrected chi connectivity index (χ2v) is 7.88. The Bertz CT molecular complexity index is 1330. The average molecular weight is 390 g/mol. The molecule has 30 heavy (non-hydrogen) atoms. The van der Waals surface area contributed by atoms with Gasteiger partial charge in [0.1, 0.15) is 0 Å². The summed E-state index contributed by atoms with van der Waals surface area (Å²) in [5.74, 6) is 0. The van der Waals surface area contributed by atoms with Crippen LogP contribution in [0.25, 0.3) is 27.7 Å². The lowest BCUT2D eigenvalue weighted by Gasteiger charge is -2.30. The molecule has 0 bridgehead atoms. The molecule has 0 unspecified atom stereocenters. The van der Waals surface area contributed by atoms with E-state index in [1.165, 1.54) is 33.3 Å². The van der Waals surface area contributed by atoms with Crippen molar-refractivity contribution < 1.29 is 0 Å². The number of hydrogen-bond acceptors (Lipinski definition) is 2. The molecule has 2 aromatic heterocycles. The number of H-pyrrole nitrogens is 1. The molecule has 4 heteroatoms. The largest absolute Gasteiger partial charge is 0.365 e. The Balaban J connectivity index is 1.36.